The molecule has 1 aromatic heterocycles. The molecule has 2 N–H and O–H groups in total. The lowest BCUT2D eigenvalue weighted by Crippen LogP contribution is -2.24. The lowest BCUT2D eigenvalue weighted by atomic mass is 10.1. The number of aliphatic hydroxyl groups excluding tert-OH is 1. The van der Waals surface area contributed by atoms with Gasteiger partial charge in [0.1, 0.15) is 5.76 Å². The molecule has 0 fully saturated rings. The molecule has 2 atom stereocenters. The Kier molecular flexibility index (Phi) is 4.88. The van der Waals surface area contributed by atoms with Gasteiger partial charge in [-0.15, -0.1) is 0 Å². The summed E-state index contributed by atoms with van der Waals surface area (Å²) in [6, 6.07) is 8.81. The maximum absolute atomic E-state index is 10.1. The van der Waals surface area contributed by atoms with Crippen molar-refractivity contribution in [3.63, 3.8) is 0 Å². The first-order valence-electron chi connectivity index (χ1n) is 5.97. The van der Waals surface area contributed by atoms with Crippen LogP contribution < -0.4 is 5.32 Å². The van der Waals surface area contributed by atoms with Crippen molar-refractivity contribution in [1.82, 2.24) is 5.32 Å². The number of nitrogens with one attached hydrogen (secondary N) is 1. The molecule has 0 saturated carbocycles. The van der Waals surface area contributed by atoms with Crippen molar-refractivity contribution in [2.75, 3.05) is 6.54 Å². The first kappa shape index (κ1) is 14.4. The van der Waals surface area contributed by atoms with E-state index in [1.165, 1.54) is 0 Å². The molecule has 0 bridgehead atoms. The van der Waals surface area contributed by atoms with Crippen LogP contribution in [0.15, 0.2) is 41.0 Å². The second kappa shape index (κ2) is 6.44. The normalized spacial score (nSPS) is 14.3. The van der Waals surface area contributed by atoms with Gasteiger partial charge >= 0.3 is 0 Å². The van der Waals surface area contributed by atoms with Crippen LogP contribution >= 0.6 is 23.2 Å². The average molecular weight is 300 g/mol. The molecule has 19 heavy (non-hydrogen) atoms. The highest BCUT2D eigenvalue weighted by molar-refractivity contribution is 6.35. The molecule has 1 heterocycles. The third-order valence-electron chi connectivity index (χ3n) is 2.91. The summed E-state index contributed by atoms with van der Waals surface area (Å²) in [6.07, 6.45) is 0.933. The fourth-order valence-corrected chi connectivity index (χ4v) is 2.34. The molecule has 0 saturated heterocycles. The zero-order valence-corrected chi connectivity index (χ0v) is 11.9. The fraction of sp³-hybridized carbons (Fsp3) is 0.286. The van der Waals surface area contributed by atoms with E-state index in [2.05, 4.69) is 5.32 Å². The molecule has 0 radical (unpaired) electrons. The van der Waals surface area contributed by atoms with Gasteiger partial charge in [-0.3, -0.25) is 0 Å². The van der Waals surface area contributed by atoms with Crippen LogP contribution in [0.1, 0.15) is 30.4 Å². The van der Waals surface area contributed by atoms with Crippen LogP contribution in [0.2, 0.25) is 10.0 Å². The summed E-state index contributed by atoms with van der Waals surface area (Å²) in [6.45, 7) is 2.35. The smallest absolute Gasteiger partial charge is 0.120 e. The van der Waals surface area contributed by atoms with Crippen LogP contribution in [0.4, 0.5) is 0 Å². The van der Waals surface area contributed by atoms with E-state index in [0.717, 1.165) is 5.76 Å². The second-order valence-corrected chi connectivity index (χ2v) is 5.17. The Bertz CT molecular complexity index is 528. The van der Waals surface area contributed by atoms with Crippen molar-refractivity contribution < 1.29 is 9.52 Å². The van der Waals surface area contributed by atoms with Gasteiger partial charge in [-0.1, -0.05) is 29.3 Å². The highest BCUT2D eigenvalue weighted by Gasteiger charge is 2.14. The van der Waals surface area contributed by atoms with Gasteiger partial charge < -0.3 is 14.8 Å². The number of furan rings is 1. The minimum Gasteiger partial charge on any atom is -0.468 e. The first-order valence-corrected chi connectivity index (χ1v) is 6.73. The molecule has 102 valence electrons. The number of halogens is 2. The summed E-state index contributed by atoms with van der Waals surface area (Å²) in [5, 5.41) is 14.3. The van der Waals surface area contributed by atoms with Gasteiger partial charge in [-0.2, -0.15) is 0 Å². The summed E-state index contributed by atoms with van der Waals surface area (Å²) in [4.78, 5) is 0. The Hall–Kier alpha value is -1.00. The molecule has 0 aliphatic rings. The predicted molar refractivity (Wildman–Crippen MR) is 76.5 cm³/mol. The van der Waals surface area contributed by atoms with E-state index in [-0.39, 0.29) is 6.04 Å². The van der Waals surface area contributed by atoms with Crippen LogP contribution in [0.5, 0.6) is 0 Å². The van der Waals surface area contributed by atoms with E-state index in [9.17, 15) is 5.11 Å². The van der Waals surface area contributed by atoms with Crippen LogP contribution in [0.25, 0.3) is 0 Å². The van der Waals surface area contributed by atoms with Crippen molar-refractivity contribution >= 4 is 23.2 Å². The molecule has 0 aliphatic heterocycles. The summed E-state index contributed by atoms with van der Waals surface area (Å²) >= 11 is 11.9. The average Bonchev–Trinajstić information content (AvgIpc) is 2.89. The number of rotatable bonds is 5. The Morgan fingerprint density at radius 2 is 2.11 bits per heavy atom. The second-order valence-electron chi connectivity index (χ2n) is 4.33. The van der Waals surface area contributed by atoms with E-state index in [0.29, 0.717) is 22.2 Å². The Morgan fingerprint density at radius 3 is 2.74 bits per heavy atom. The fourth-order valence-electron chi connectivity index (χ4n) is 1.81. The summed E-state index contributed by atoms with van der Waals surface area (Å²) in [5.41, 5.74) is 0.658. The lowest BCUT2D eigenvalue weighted by molar-refractivity contribution is 0.169. The molecule has 5 heteroatoms. The highest BCUT2D eigenvalue weighted by atomic mass is 35.5. The minimum atomic E-state index is -0.692. The molecule has 1 aromatic carbocycles. The van der Waals surface area contributed by atoms with Crippen LogP contribution in [-0.4, -0.2) is 11.7 Å². The molecule has 2 rings (SSSR count). The van der Waals surface area contributed by atoms with Gasteiger partial charge in [-0.05, 0) is 31.2 Å². The maximum Gasteiger partial charge on any atom is 0.120 e. The van der Waals surface area contributed by atoms with Gasteiger partial charge in [-0.25, -0.2) is 0 Å². The van der Waals surface area contributed by atoms with Crippen molar-refractivity contribution in [2.45, 2.75) is 19.1 Å². The van der Waals surface area contributed by atoms with Crippen molar-refractivity contribution in [3.05, 3.63) is 58.0 Å². The quantitative estimate of drug-likeness (QED) is 0.878. The predicted octanol–water partition coefficient (Wildman–Crippen LogP) is 3.97. The molecule has 0 amide bonds. The largest absolute Gasteiger partial charge is 0.468 e. The molecule has 2 unspecified atom stereocenters. The van der Waals surface area contributed by atoms with Crippen molar-refractivity contribution in [1.29, 1.82) is 0 Å². The van der Waals surface area contributed by atoms with Gasteiger partial charge in [0.25, 0.3) is 0 Å². The first-order chi connectivity index (χ1) is 9.08. The maximum atomic E-state index is 10.1. The zero-order chi connectivity index (χ0) is 13.8. The van der Waals surface area contributed by atoms with E-state index >= 15 is 0 Å². The Balaban J connectivity index is 1.96. The van der Waals surface area contributed by atoms with E-state index < -0.39 is 6.10 Å². The number of hydrogen-bond acceptors (Lipinski definition) is 3. The van der Waals surface area contributed by atoms with Crippen LogP contribution in [-0.2, 0) is 0 Å². The van der Waals surface area contributed by atoms with Gasteiger partial charge in [0.2, 0.25) is 0 Å². The number of benzene rings is 1. The zero-order valence-electron chi connectivity index (χ0n) is 10.4. The Labute approximate surface area is 122 Å². The van der Waals surface area contributed by atoms with Crippen LogP contribution in [0.3, 0.4) is 0 Å². The molecular weight excluding hydrogens is 285 g/mol. The van der Waals surface area contributed by atoms with Gasteiger partial charge in [0, 0.05) is 22.2 Å². The van der Waals surface area contributed by atoms with E-state index in [4.69, 9.17) is 27.6 Å². The SMILES string of the molecule is CC(NCC(O)c1ccc(Cl)cc1Cl)c1ccco1. The lowest BCUT2D eigenvalue weighted by Gasteiger charge is -2.17. The molecular formula is C14H15Cl2NO2. The van der Waals surface area contributed by atoms with E-state index in [1.54, 1.807) is 24.5 Å². The third kappa shape index (κ3) is 3.74. The summed E-state index contributed by atoms with van der Waals surface area (Å²) in [7, 11) is 0. The molecule has 2 aromatic rings. The third-order valence-corrected chi connectivity index (χ3v) is 3.47. The summed E-state index contributed by atoms with van der Waals surface area (Å²) in [5.74, 6) is 0.828. The molecule has 3 nitrogen and oxygen atoms in total. The number of hydrogen-bond donors (Lipinski definition) is 2. The topological polar surface area (TPSA) is 45.4 Å². The molecule has 0 spiro atoms. The highest BCUT2D eigenvalue weighted by Crippen LogP contribution is 2.26. The van der Waals surface area contributed by atoms with Crippen LogP contribution in [0, 0.1) is 0 Å². The molecule has 0 aliphatic carbocycles. The summed E-state index contributed by atoms with van der Waals surface area (Å²) < 4.78 is 5.29. The van der Waals surface area contributed by atoms with Crippen molar-refractivity contribution in [3.8, 4) is 0 Å². The number of aliphatic hydroxyl groups is 1. The Morgan fingerprint density at radius 1 is 1.32 bits per heavy atom. The van der Waals surface area contributed by atoms with Gasteiger partial charge in [0.15, 0.2) is 0 Å². The minimum absolute atomic E-state index is 0.0238. The van der Waals surface area contributed by atoms with Crippen molar-refractivity contribution in [2.24, 2.45) is 0 Å². The monoisotopic (exact) mass is 299 g/mol. The van der Waals surface area contributed by atoms with E-state index in [1.807, 2.05) is 19.1 Å². The van der Waals surface area contributed by atoms with Gasteiger partial charge in [0.05, 0.1) is 18.4 Å². The standard InChI is InChI=1S/C14H15Cl2NO2/c1-9(14-3-2-6-19-14)17-8-13(18)11-5-4-10(15)7-12(11)16/h2-7,9,13,17-18H,8H2,1H3.